The van der Waals surface area contributed by atoms with E-state index in [9.17, 15) is 4.79 Å². The zero-order valence-electron chi connectivity index (χ0n) is 12.9. The fourth-order valence-electron chi connectivity index (χ4n) is 2.10. The third-order valence-electron chi connectivity index (χ3n) is 3.17. The van der Waals surface area contributed by atoms with Crippen LogP contribution in [0.2, 0.25) is 0 Å². The molecule has 0 aliphatic carbocycles. The first-order valence-corrected chi connectivity index (χ1v) is 7.15. The van der Waals surface area contributed by atoms with Crippen molar-refractivity contribution in [2.24, 2.45) is 12.2 Å². The topological polar surface area (TPSA) is 109 Å². The Hall–Kier alpha value is -3.42. The van der Waals surface area contributed by atoms with Crippen molar-refractivity contribution in [2.45, 2.75) is 6.61 Å². The van der Waals surface area contributed by atoms with Crippen LogP contribution in [0.5, 0.6) is 0 Å². The van der Waals surface area contributed by atoms with Gasteiger partial charge in [0.25, 0.3) is 0 Å². The van der Waals surface area contributed by atoms with E-state index in [4.69, 9.17) is 15.1 Å². The minimum absolute atomic E-state index is 0.132. The molecule has 0 saturated carbocycles. The zero-order valence-corrected chi connectivity index (χ0v) is 12.9. The van der Waals surface area contributed by atoms with Gasteiger partial charge in [0.2, 0.25) is 0 Å². The van der Waals surface area contributed by atoms with Crippen LogP contribution in [-0.4, -0.2) is 20.4 Å². The molecular weight excluding hydrogens is 310 g/mol. The van der Waals surface area contributed by atoms with E-state index < -0.39 is 5.76 Å². The lowest BCUT2D eigenvalue weighted by molar-refractivity contribution is 0.128. The summed E-state index contributed by atoms with van der Waals surface area (Å²) in [5, 5.41) is 4.12. The molecule has 24 heavy (non-hydrogen) atoms. The van der Waals surface area contributed by atoms with Crippen molar-refractivity contribution in [3.63, 3.8) is 0 Å². The van der Waals surface area contributed by atoms with Gasteiger partial charge in [0.15, 0.2) is 18.1 Å². The molecule has 0 saturated heterocycles. The van der Waals surface area contributed by atoms with Crippen molar-refractivity contribution in [1.29, 1.82) is 0 Å². The van der Waals surface area contributed by atoms with Crippen LogP contribution in [0.4, 0.5) is 5.82 Å². The van der Waals surface area contributed by atoms with Crippen molar-refractivity contribution in [2.75, 3.05) is 5.73 Å². The molecule has 0 unspecified atom stereocenters. The van der Waals surface area contributed by atoms with Gasteiger partial charge in [-0.15, -0.1) is 0 Å². The average Bonchev–Trinajstić information content (AvgIpc) is 2.91. The smallest absolute Gasteiger partial charge is 0.389 e. The molecule has 2 N–H and O–H groups in total. The van der Waals surface area contributed by atoms with Gasteiger partial charge in [-0.05, 0) is 12.1 Å². The van der Waals surface area contributed by atoms with E-state index in [1.54, 1.807) is 25.2 Å². The summed E-state index contributed by atoms with van der Waals surface area (Å²) in [5.41, 5.74) is 7.39. The summed E-state index contributed by atoms with van der Waals surface area (Å²) in [5.74, 6) is -0.0253. The number of nitrogens with zero attached hydrogens (tertiary/aromatic N) is 4. The highest BCUT2D eigenvalue weighted by Crippen LogP contribution is 2.09. The van der Waals surface area contributed by atoms with Crippen molar-refractivity contribution in [3.05, 3.63) is 76.2 Å². The van der Waals surface area contributed by atoms with Gasteiger partial charge in [0, 0.05) is 12.6 Å². The van der Waals surface area contributed by atoms with Gasteiger partial charge in [-0.1, -0.05) is 41.6 Å². The second-order valence-electron chi connectivity index (χ2n) is 4.92. The van der Waals surface area contributed by atoms with Crippen molar-refractivity contribution >= 4 is 11.5 Å². The lowest BCUT2D eigenvalue weighted by Crippen LogP contribution is -2.12. The summed E-state index contributed by atoms with van der Waals surface area (Å²) >= 11 is 0. The summed E-state index contributed by atoms with van der Waals surface area (Å²) in [6, 6.07) is 14.5. The third kappa shape index (κ3) is 3.49. The van der Waals surface area contributed by atoms with Gasteiger partial charge < -0.3 is 15.1 Å². The van der Waals surface area contributed by atoms with Crippen LogP contribution in [0.15, 0.2) is 63.0 Å². The molecule has 1 aromatic carbocycles. The number of pyridine rings is 1. The van der Waals surface area contributed by atoms with Crippen LogP contribution in [0.25, 0.3) is 0 Å². The number of aromatic nitrogens is 3. The highest BCUT2D eigenvalue weighted by Gasteiger charge is 2.16. The molecule has 0 bridgehead atoms. The lowest BCUT2D eigenvalue weighted by Gasteiger charge is -2.06. The maximum atomic E-state index is 11.4. The molecule has 0 atom stereocenters. The molecule has 8 heteroatoms. The molecule has 2 aromatic heterocycles. The number of benzene rings is 1. The standard InChI is InChI=1S/C16H15N5O3/c1-21-15(19-16(22)24-21)14(11-6-3-2-4-7-11)20-23-10-12-8-5-9-13(17)18-12/h2-9H,10H2,1H3,(H2,17,18). The highest BCUT2D eigenvalue weighted by atomic mass is 16.6. The maximum Gasteiger partial charge on any atom is 0.460 e. The van der Waals surface area contributed by atoms with Crippen LogP contribution >= 0.6 is 0 Å². The van der Waals surface area contributed by atoms with E-state index in [1.165, 1.54) is 4.74 Å². The third-order valence-corrected chi connectivity index (χ3v) is 3.17. The molecule has 3 aromatic rings. The number of nitrogens with two attached hydrogens (primary N) is 1. The Morgan fingerprint density at radius 3 is 2.67 bits per heavy atom. The number of aryl methyl sites for hydroxylation is 1. The predicted octanol–water partition coefficient (Wildman–Crippen LogP) is 1.32. The molecule has 122 valence electrons. The van der Waals surface area contributed by atoms with E-state index in [1.807, 2.05) is 30.3 Å². The van der Waals surface area contributed by atoms with E-state index in [0.717, 1.165) is 5.56 Å². The molecule has 0 aliphatic rings. The Morgan fingerprint density at radius 2 is 2.00 bits per heavy atom. The highest BCUT2D eigenvalue weighted by molar-refractivity contribution is 6.10. The van der Waals surface area contributed by atoms with Crippen LogP contribution in [0.1, 0.15) is 17.1 Å². The molecule has 8 nitrogen and oxygen atoms in total. The van der Waals surface area contributed by atoms with Gasteiger partial charge in [-0.3, -0.25) is 0 Å². The fourth-order valence-corrected chi connectivity index (χ4v) is 2.10. The van der Waals surface area contributed by atoms with Gasteiger partial charge in [-0.2, -0.15) is 9.72 Å². The number of nitrogen functional groups attached to an aromatic ring is 1. The second kappa shape index (κ2) is 6.78. The second-order valence-corrected chi connectivity index (χ2v) is 4.92. The number of anilines is 1. The monoisotopic (exact) mass is 325 g/mol. The first kappa shape index (κ1) is 15.5. The quantitative estimate of drug-likeness (QED) is 0.560. The lowest BCUT2D eigenvalue weighted by atomic mass is 10.1. The minimum Gasteiger partial charge on any atom is -0.389 e. The Morgan fingerprint density at radius 1 is 1.21 bits per heavy atom. The van der Waals surface area contributed by atoms with E-state index in [-0.39, 0.29) is 12.4 Å². The Labute approximate surface area is 137 Å². The van der Waals surface area contributed by atoms with Crippen LogP contribution in [0, 0.1) is 0 Å². The average molecular weight is 325 g/mol. The van der Waals surface area contributed by atoms with Crippen molar-refractivity contribution in [1.82, 2.24) is 14.7 Å². The van der Waals surface area contributed by atoms with Gasteiger partial charge in [0.1, 0.15) is 5.82 Å². The summed E-state index contributed by atoms with van der Waals surface area (Å²) in [6.45, 7) is 0.132. The van der Waals surface area contributed by atoms with Gasteiger partial charge in [-0.25, -0.2) is 9.78 Å². The Bertz CT molecular complexity index is 915. The van der Waals surface area contributed by atoms with Gasteiger partial charge in [0.05, 0.1) is 5.69 Å². The van der Waals surface area contributed by atoms with E-state index in [2.05, 4.69) is 15.1 Å². The minimum atomic E-state index is -0.700. The number of hydrogen-bond acceptors (Lipinski definition) is 7. The number of rotatable bonds is 5. The number of hydrogen-bond donors (Lipinski definition) is 1. The zero-order chi connectivity index (χ0) is 16.9. The van der Waals surface area contributed by atoms with Gasteiger partial charge >= 0.3 is 5.76 Å². The first-order chi connectivity index (χ1) is 11.6. The molecule has 0 fully saturated rings. The molecule has 0 radical (unpaired) electrons. The van der Waals surface area contributed by atoms with Crippen molar-refractivity contribution in [3.8, 4) is 0 Å². The SMILES string of the molecule is Cn1oc(=O)nc1C(=NOCc1cccc(N)n1)c1ccccc1. The molecule has 2 heterocycles. The molecule has 3 rings (SSSR count). The normalized spacial score (nSPS) is 11.5. The molecule has 0 spiro atoms. The molecule has 0 amide bonds. The maximum absolute atomic E-state index is 11.4. The van der Waals surface area contributed by atoms with Crippen LogP contribution in [-0.2, 0) is 18.5 Å². The summed E-state index contributed by atoms with van der Waals surface area (Å²) in [4.78, 5) is 24.7. The Kier molecular flexibility index (Phi) is 4.37. The first-order valence-electron chi connectivity index (χ1n) is 7.15. The number of oxime groups is 1. The summed E-state index contributed by atoms with van der Waals surface area (Å²) in [6.07, 6.45) is 0. The summed E-state index contributed by atoms with van der Waals surface area (Å²) < 4.78 is 6.13. The summed E-state index contributed by atoms with van der Waals surface area (Å²) in [7, 11) is 1.57. The predicted molar refractivity (Wildman–Crippen MR) is 87.3 cm³/mol. The van der Waals surface area contributed by atoms with E-state index >= 15 is 0 Å². The largest absolute Gasteiger partial charge is 0.460 e. The van der Waals surface area contributed by atoms with Crippen LogP contribution < -0.4 is 11.5 Å². The van der Waals surface area contributed by atoms with Crippen LogP contribution in [0.3, 0.4) is 0 Å². The van der Waals surface area contributed by atoms with E-state index in [0.29, 0.717) is 17.2 Å². The fraction of sp³-hybridized carbons (Fsp3) is 0.125. The molecule has 0 aliphatic heterocycles. The Balaban J connectivity index is 1.90. The van der Waals surface area contributed by atoms with Crippen molar-refractivity contribution < 1.29 is 9.36 Å². The molecular formula is C16H15N5O3.